The predicted octanol–water partition coefficient (Wildman–Crippen LogP) is 1.61. The van der Waals surface area contributed by atoms with Gasteiger partial charge in [-0.1, -0.05) is 18.2 Å². The molecule has 136 valence electrons. The summed E-state index contributed by atoms with van der Waals surface area (Å²) in [6, 6.07) is 6.19. The fourth-order valence-electron chi connectivity index (χ4n) is 3.30. The van der Waals surface area contributed by atoms with E-state index >= 15 is 0 Å². The minimum atomic E-state index is -0.322. The summed E-state index contributed by atoms with van der Waals surface area (Å²) < 4.78 is 18.9. The summed E-state index contributed by atoms with van der Waals surface area (Å²) in [5, 5.41) is 2.75. The van der Waals surface area contributed by atoms with Crippen LogP contribution in [0.5, 0.6) is 0 Å². The minimum absolute atomic E-state index is 0.0197. The summed E-state index contributed by atoms with van der Waals surface area (Å²) >= 11 is 0. The maximum absolute atomic E-state index is 13.6. The van der Waals surface area contributed by atoms with Gasteiger partial charge in [-0.25, -0.2) is 9.18 Å². The molecule has 1 aromatic rings. The average Bonchev–Trinajstić information content (AvgIpc) is 2.67. The number of morpholine rings is 1. The van der Waals surface area contributed by atoms with E-state index in [1.807, 2.05) is 4.90 Å². The van der Waals surface area contributed by atoms with Crippen LogP contribution in [-0.2, 0) is 16.1 Å². The molecule has 1 N–H and O–H groups in total. The van der Waals surface area contributed by atoms with Crippen LogP contribution in [0.25, 0.3) is 0 Å². The molecule has 0 unspecified atom stereocenters. The van der Waals surface area contributed by atoms with Gasteiger partial charge in [0.15, 0.2) is 0 Å². The number of halogens is 1. The van der Waals surface area contributed by atoms with E-state index in [2.05, 4.69) is 5.32 Å². The van der Waals surface area contributed by atoms with E-state index < -0.39 is 0 Å². The van der Waals surface area contributed by atoms with Gasteiger partial charge in [0.05, 0.1) is 13.2 Å². The van der Waals surface area contributed by atoms with E-state index in [-0.39, 0.29) is 30.2 Å². The van der Waals surface area contributed by atoms with Gasteiger partial charge in [-0.05, 0) is 18.9 Å². The highest BCUT2D eigenvalue weighted by Crippen LogP contribution is 2.20. The van der Waals surface area contributed by atoms with E-state index in [4.69, 9.17) is 4.74 Å². The fraction of sp³-hybridized carbons (Fsp3) is 0.556. The fourth-order valence-corrected chi connectivity index (χ4v) is 3.30. The molecule has 2 fully saturated rings. The van der Waals surface area contributed by atoms with Gasteiger partial charge in [0.2, 0.25) is 5.91 Å². The molecule has 6 nitrogen and oxygen atoms in total. The summed E-state index contributed by atoms with van der Waals surface area (Å²) in [5.74, 6) is -0.166. The minimum Gasteiger partial charge on any atom is -0.378 e. The van der Waals surface area contributed by atoms with Crippen LogP contribution in [0.4, 0.5) is 9.18 Å². The molecule has 0 aliphatic carbocycles. The van der Waals surface area contributed by atoms with Crippen LogP contribution in [0.1, 0.15) is 18.4 Å². The predicted molar refractivity (Wildman–Crippen MR) is 90.3 cm³/mol. The van der Waals surface area contributed by atoms with Gasteiger partial charge in [0.1, 0.15) is 5.82 Å². The monoisotopic (exact) mass is 349 g/mol. The number of hydrogen-bond acceptors (Lipinski definition) is 3. The second-order valence-corrected chi connectivity index (χ2v) is 6.45. The topological polar surface area (TPSA) is 61.9 Å². The van der Waals surface area contributed by atoms with Crippen LogP contribution < -0.4 is 5.32 Å². The van der Waals surface area contributed by atoms with Gasteiger partial charge in [-0.15, -0.1) is 0 Å². The largest absolute Gasteiger partial charge is 0.378 e. The number of benzene rings is 1. The number of nitrogens with zero attached hydrogens (tertiary/aromatic N) is 2. The van der Waals surface area contributed by atoms with Crippen molar-refractivity contribution in [2.45, 2.75) is 19.4 Å². The molecule has 0 atom stereocenters. The van der Waals surface area contributed by atoms with Crippen molar-refractivity contribution in [1.29, 1.82) is 0 Å². The Bertz CT molecular complexity index is 611. The molecule has 7 heteroatoms. The van der Waals surface area contributed by atoms with Crippen molar-refractivity contribution >= 4 is 11.9 Å². The molecule has 2 aliphatic rings. The molecular weight excluding hydrogens is 325 g/mol. The van der Waals surface area contributed by atoms with Gasteiger partial charge in [0, 0.05) is 44.2 Å². The molecule has 3 rings (SSSR count). The van der Waals surface area contributed by atoms with Crippen molar-refractivity contribution in [2.75, 3.05) is 39.4 Å². The summed E-state index contributed by atoms with van der Waals surface area (Å²) in [5.41, 5.74) is 0.466. The first kappa shape index (κ1) is 17.7. The lowest BCUT2D eigenvalue weighted by atomic mass is 9.95. The van der Waals surface area contributed by atoms with Crippen LogP contribution in [0.3, 0.4) is 0 Å². The number of nitrogens with one attached hydrogen (secondary N) is 1. The number of ether oxygens (including phenoxy) is 1. The molecule has 0 saturated carbocycles. The first-order valence-electron chi connectivity index (χ1n) is 8.78. The lowest BCUT2D eigenvalue weighted by Crippen LogP contribution is -2.49. The molecule has 3 amide bonds. The number of likely N-dealkylation sites (tertiary alicyclic amines) is 1. The standard InChI is InChI=1S/C18H24FN3O3/c19-16-4-2-1-3-15(16)13-20-18(24)22-7-5-14(6-8-22)17(23)21-9-11-25-12-10-21/h1-4,14H,5-13H2,(H,20,24). The Morgan fingerprint density at radius 1 is 1.08 bits per heavy atom. The summed E-state index contributed by atoms with van der Waals surface area (Å²) in [4.78, 5) is 28.3. The third-order valence-corrected chi connectivity index (χ3v) is 4.84. The molecule has 2 aliphatic heterocycles. The number of piperidine rings is 1. The average molecular weight is 349 g/mol. The number of hydrogen-bond donors (Lipinski definition) is 1. The normalized spacial score (nSPS) is 18.9. The van der Waals surface area contributed by atoms with E-state index in [9.17, 15) is 14.0 Å². The van der Waals surface area contributed by atoms with Crippen molar-refractivity contribution in [3.05, 3.63) is 35.6 Å². The Labute approximate surface area is 146 Å². The Balaban J connectivity index is 1.44. The van der Waals surface area contributed by atoms with Crippen molar-refractivity contribution < 1.29 is 18.7 Å². The zero-order valence-electron chi connectivity index (χ0n) is 14.2. The third kappa shape index (κ3) is 4.48. The van der Waals surface area contributed by atoms with E-state index in [1.54, 1.807) is 23.1 Å². The Morgan fingerprint density at radius 2 is 1.76 bits per heavy atom. The summed E-state index contributed by atoms with van der Waals surface area (Å²) in [6.07, 6.45) is 1.34. The van der Waals surface area contributed by atoms with Crippen molar-refractivity contribution in [3.63, 3.8) is 0 Å². The van der Waals surface area contributed by atoms with Crippen LogP contribution in [0, 0.1) is 11.7 Å². The molecule has 1 aromatic carbocycles. The zero-order valence-corrected chi connectivity index (χ0v) is 14.2. The first-order chi connectivity index (χ1) is 12.1. The second kappa shape index (κ2) is 8.29. The van der Waals surface area contributed by atoms with Gasteiger partial charge < -0.3 is 19.9 Å². The van der Waals surface area contributed by atoms with E-state index in [1.165, 1.54) is 6.07 Å². The molecule has 2 heterocycles. The molecule has 2 saturated heterocycles. The van der Waals surface area contributed by atoms with Crippen LogP contribution in [0.2, 0.25) is 0 Å². The second-order valence-electron chi connectivity index (χ2n) is 6.45. The molecule has 25 heavy (non-hydrogen) atoms. The summed E-state index contributed by atoms with van der Waals surface area (Å²) in [7, 11) is 0. The quantitative estimate of drug-likeness (QED) is 0.902. The number of carbonyl (C=O) groups excluding carboxylic acids is 2. The molecule has 0 bridgehead atoms. The van der Waals surface area contributed by atoms with Crippen LogP contribution >= 0.6 is 0 Å². The van der Waals surface area contributed by atoms with Crippen molar-refractivity contribution in [1.82, 2.24) is 15.1 Å². The smallest absolute Gasteiger partial charge is 0.317 e. The number of amides is 3. The van der Waals surface area contributed by atoms with Crippen molar-refractivity contribution in [2.24, 2.45) is 5.92 Å². The highest BCUT2D eigenvalue weighted by atomic mass is 19.1. The van der Waals surface area contributed by atoms with Crippen LogP contribution in [0.15, 0.2) is 24.3 Å². The third-order valence-electron chi connectivity index (χ3n) is 4.84. The molecule has 0 radical (unpaired) electrons. The van der Waals surface area contributed by atoms with Gasteiger partial charge in [0.25, 0.3) is 0 Å². The first-order valence-corrected chi connectivity index (χ1v) is 8.78. The lowest BCUT2D eigenvalue weighted by Gasteiger charge is -2.35. The molecule has 0 aromatic heterocycles. The van der Waals surface area contributed by atoms with Crippen LogP contribution in [-0.4, -0.2) is 61.1 Å². The Kier molecular flexibility index (Phi) is 5.86. The molecular formula is C18H24FN3O3. The van der Waals surface area contributed by atoms with E-state index in [0.29, 0.717) is 57.8 Å². The van der Waals surface area contributed by atoms with Gasteiger partial charge in [-0.3, -0.25) is 4.79 Å². The number of urea groups is 1. The SMILES string of the molecule is O=C(NCc1ccccc1F)N1CCC(C(=O)N2CCOCC2)CC1. The van der Waals surface area contributed by atoms with Gasteiger partial charge in [-0.2, -0.15) is 0 Å². The maximum atomic E-state index is 13.6. The van der Waals surface area contributed by atoms with Gasteiger partial charge >= 0.3 is 6.03 Å². The Morgan fingerprint density at radius 3 is 2.44 bits per heavy atom. The number of carbonyl (C=O) groups is 2. The maximum Gasteiger partial charge on any atom is 0.317 e. The highest BCUT2D eigenvalue weighted by Gasteiger charge is 2.30. The number of rotatable bonds is 3. The molecule has 0 spiro atoms. The van der Waals surface area contributed by atoms with E-state index in [0.717, 1.165) is 0 Å². The Hall–Kier alpha value is -2.15. The summed E-state index contributed by atoms with van der Waals surface area (Å²) in [6.45, 7) is 3.77. The lowest BCUT2D eigenvalue weighted by molar-refractivity contribution is -0.141. The highest BCUT2D eigenvalue weighted by molar-refractivity contribution is 5.80. The van der Waals surface area contributed by atoms with Crippen molar-refractivity contribution in [3.8, 4) is 0 Å². The zero-order chi connectivity index (χ0) is 17.6.